The van der Waals surface area contributed by atoms with Crippen molar-refractivity contribution in [2.75, 3.05) is 0 Å². The van der Waals surface area contributed by atoms with Crippen molar-refractivity contribution >= 4 is 41.9 Å². The molecule has 2 rings (SSSR count). The summed E-state index contributed by atoms with van der Waals surface area (Å²) in [5.41, 5.74) is 0. The Kier molecular flexibility index (Phi) is 5.03. The van der Waals surface area contributed by atoms with Crippen molar-refractivity contribution in [1.29, 1.82) is 0 Å². The molecule has 1 saturated carbocycles. The molecule has 1 aliphatic rings. The highest BCUT2D eigenvalue weighted by Crippen LogP contribution is 2.26. The van der Waals surface area contributed by atoms with Crippen molar-refractivity contribution < 1.29 is 12.8 Å². The first-order valence-electron chi connectivity index (χ1n) is 6.00. The van der Waals surface area contributed by atoms with Crippen LogP contribution in [0.4, 0.5) is 4.39 Å². The molecule has 0 radical (unpaired) electrons. The van der Waals surface area contributed by atoms with Gasteiger partial charge in [0.05, 0.1) is 0 Å². The highest BCUT2D eigenvalue weighted by atomic mass is 79.9. The van der Waals surface area contributed by atoms with Gasteiger partial charge in [-0.1, -0.05) is 31.9 Å². The van der Waals surface area contributed by atoms with Crippen LogP contribution >= 0.6 is 31.9 Å². The number of hydrogen-bond acceptors (Lipinski definition) is 2. The normalized spacial score (nSPS) is 24.4. The molecular formula is C12H14Br2FNO2S. The molecule has 0 bridgehead atoms. The first-order valence-corrected chi connectivity index (χ1v) is 9.19. The zero-order valence-corrected chi connectivity index (χ0v) is 14.1. The lowest BCUT2D eigenvalue weighted by atomic mass is 9.96. The molecule has 1 N–H and O–H groups in total. The van der Waals surface area contributed by atoms with Crippen molar-refractivity contribution in [3.05, 3.63) is 28.5 Å². The molecular weight excluding hydrogens is 401 g/mol. The lowest BCUT2D eigenvalue weighted by molar-refractivity contribution is 0.421. The lowest BCUT2D eigenvalue weighted by Crippen LogP contribution is -2.38. The molecule has 0 saturated heterocycles. The van der Waals surface area contributed by atoms with Gasteiger partial charge in [-0.2, -0.15) is 0 Å². The molecule has 19 heavy (non-hydrogen) atoms. The van der Waals surface area contributed by atoms with Crippen LogP contribution in [-0.2, 0) is 10.0 Å². The lowest BCUT2D eigenvalue weighted by Gasteiger charge is -2.25. The van der Waals surface area contributed by atoms with Gasteiger partial charge >= 0.3 is 0 Å². The minimum atomic E-state index is -3.79. The molecule has 1 aromatic rings. The van der Waals surface area contributed by atoms with Crippen molar-refractivity contribution in [2.24, 2.45) is 0 Å². The van der Waals surface area contributed by atoms with E-state index in [2.05, 4.69) is 36.6 Å². The largest absolute Gasteiger partial charge is 0.243 e. The summed E-state index contributed by atoms with van der Waals surface area (Å²) in [4.78, 5) is 0.161. The summed E-state index contributed by atoms with van der Waals surface area (Å²) in [6, 6.07) is 3.84. The first-order chi connectivity index (χ1) is 8.88. The maximum absolute atomic E-state index is 13.7. The van der Waals surface area contributed by atoms with Gasteiger partial charge in [0.25, 0.3) is 0 Å². The van der Waals surface area contributed by atoms with Crippen LogP contribution < -0.4 is 4.72 Å². The molecule has 1 fully saturated rings. The van der Waals surface area contributed by atoms with E-state index >= 15 is 0 Å². The molecule has 7 heteroatoms. The van der Waals surface area contributed by atoms with Gasteiger partial charge in [0.1, 0.15) is 10.7 Å². The van der Waals surface area contributed by atoms with Crippen molar-refractivity contribution in [1.82, 2.24) is 4.72 Å². The van der Waals surface area contributed by atoms with Crippen LogP contribution in [0, 0.1) is 5.82 Å². The van der Waals surface area contributed by atoms with Crippen molar-refractivity contribution in [3.63, 3.8) is 0 Å². The van der Waals surface area contributed by atoms with Crippen LogP contribution in [0.1, 0.15) is 25.7 Å². The fraction of sp³-hybridized carbons (Fsp3) is 0.500. The average molecular weight is 415 g/mol. The van der Waals surface area contributed by atoms with Gasteiger partial charge in [-0.15, -0.1) is 0 Å². The Hall–Kier alpha value is 0.0200. The molecule has 0 aliphatic heterocycles. The standard InChI is InChI=1S/C12H14Br2FNO2S/c13-8-1-4-10(5-2-8)16-19(17,18)12-6-3-9(14)7-11(12)15/h3,6-8,10,16H,1-2,4-5H2. The highest BCUT2D eigenvalue weighted by Gasteiger charge is 2.26. The van der Waals surface area contributed by atoms with Crippen molar-refractivity contribution in [2.45, 2.75) is 41.4 Å². The van der Waals surface area contributed by atoms with E-state index in [4.69, 9.17) is 0 Å². The summed E-state index contributed by atoms with van der Waals surface area (Å²) < 4.78 is 41.1. The summed E-state index contributed by atoms with van der Waals surface area (Å²) >= 11 is 6.63. The molecule has 0 spiro atoms. The van der Waals surface area contributed by atoms with Gasteiger partial charge in [0.15, 0.2) is 0 Å². The Morgan fingerprint density at radius 2 is 1.84 bits per heavy atom. The molecule has 3 nitrogen and oxygen atoms in total. The topological polar surface area (TPSA) is 46.2 Å². The quantitative estimate of drug-likeness (QED) is 0.768. The van der Waals surface area contributed by atoms with Gasteiger partial charge in [0, 0.05) is 15.3 Å². The van der Waals surface area contributed by atoms with E-state index in [-0.39, 0.29) is 10.9 Å². The van der Waals surface area contributed by atoms with E-state index in [9.17, 15) is 12.8 Å². The second-order valence-corrected chi connectivity index (χ2v) is 8.54. The fourth-order valence-corrected chi connectivity index (χ4v) is 4.37. The molecule has 0 aromatic heterocycles. The maximum atomic E-state index is 13.7. The predicted octanol–water partition coefficient (Wildman–Crippen LogP) is 3.57. The minimum Gasteiger partial charge on any atom is -0.208 e. The molecule has 1 aliphatic carbocycles. The smallest absolute Gasteiger partial charge is 0.208 e. The summed E-state index contributed by atoms with van der Waals surface area (Å²) in [5, 5.41) is 0. The Morgan fingerprint density at radius 1 is 1.21 bits per heavy atom. The fourth-order valence-electron chi connectivity index (χ4n) is 2.15. The van der Waals surface area contributed by atoms with Crippen LogP contribution in [0.2, 0.25) is 0 Å². The number of nitrogens with one attached hydrogen (secondary N) is 1. The Morgan fingerprint density at radius 3 is 2.42 bits per heavy atom. The third-order valence-corrected chi connectivity index (χ3v) is 6.12. The van der Waals surface area contributed by atoms with Crippen LogP contribution in [0.5, 0.6) is 0 Å². The third kappa shape index (κ3) is 4.00. The minimum absolute atomic E-state index is 0.109. The summed E-state index contributed by atoms with van der Waals surface area (Å²) in [6.07, 6.45) is 3.40. The predicted molar refractivity (Wildman–Crippen MR) is 79.4 cm³/mol. The van der Waals surface area contributed by atoms with E-state index in [1.165, 1.54) is 12.1 Å². The number of rotatable bonds is 3. The summed E-state index contributed by atoms with van der Waals surface area (Å²) in [5.74, 6) is -0.740. The second-order valence-electron chi connectivity index (χ2n) is 4.64. The number of hydrogen-bond donors (Lipinski definition) is 1. The van der Waals surface area contributed by atoms with E-state index in [1.807, 2.05) is 0 Å². The van der Waals surface area contributed by atoms with E-state index in [0.717, 1.165) is 31.7 Å². The van der Waals surface area contributed by atoms with Crippen LogP contribution in [0.15, 0.2) is 27.6 Å². The van der Waals surface area contributed by atoms with Gasteiger partial charge in [-0.05, 0) is 43.9 Å². The van der Waals surface area contributed by atoms with E-state index < -0.39 is 15.8 Å². The van der Waals surface area contributed by atoms with Crippen molar-refractivity contribution in [3.8, 4) is 0 Å². The van der Waals surface area contributed by atoms with Crippen LogP contribution in [0.25, 0.3) is 0 Å². The Labute approximate surface area is 129 Å². The molecule has 0 atom stereocenters. The highest BCUT2D eigenvalue weighted by molar-refractivity contribution is 9.10. The zero-order chi connectivity index (χ0) is 14.0. The van der Waals surface area contributed by atoms with E-state index in [0.29, 0.717) is 9.30 Å². The monoisotopic (exact) mass is 413 g/mol. The van der Waals surface area contributed by atoms with Gasteiger partial charge < -0.3 is 0 Å². The molecule has 0 unspecified atom stereocenters. The zero-order valence-electron chi connectivity index (χ0n) is 10.1. The summed E-state index contributed by atoms with van der Waals surface area (Å²) in [6.45, 7) is 0. The molecule has 106 valence electrons. The number of alkyl halides is 1. The van der Waals surface area contributed by atoms with Crippen LogP contribution in [0.3, 0.4) is 0 Å². The molecule has 1 aromatic carbocycles. The maximum Gasteiger partial charge on any atom is 0.243 e. The van der Waals surface area contributed by atoms with Gasteiger partial charge in [-0.25, -0.2) is 17.5 Å². The van der Waals surface area contributed by atoms with Crippen LogP contribution in [-0.4, -0.2) is 19.3 Å². The molecule has 0 amide bonds. The average Bonchev–Trinajstić information content (AvgIpc) is 2.31. The Balaban J connectivity index is 2.14. The third-order valence-electron chi connectivity index (χ3n) is 3.16. The Bertz CT molecular complexity index is 557. The SMILES string of the molecule is O=S(=O)(NC1CCC(Br)CC1)c1ccc(Br)cc1F. The second kappa shape index (κ2) is 6.20. The van der Waals surface area contributed by atoms with Gasteiger partial charge in [-0.3, -0.25) is 0 Å². The van der Waals surface area contributed by atoms with Gasteiger partial charge in [0.2, 0.25) is 10.0 Å². The number of benzene rings is 1. The number of sulfonamides is 1. The molecule has 0 heterocycles. The summed E-state index contributed by atoms with van der Waals surface area (Å²) in [7, 11) is -3.79. The first kappa shape index (κ1) is 15.4. The van der Waals surface area contributed by atoms with E-state index in [1.54, 1.807) is 0 Å². The number of halogens is 3.